The fraction of sp³-hybridized carbons (Fsp3) is 0.308. The molecule has 0 amide bonds. The van der Waals surface area contributed by atoms with E-state index >= 15 is 0 Å². The van der Waals surface area contributed by atoms with Crippen molar-refractivity contribution < 1.29 is 0 Å². The molecule has 0 aliphatic carbocycles. The van der Waals surface area contributed by atoms with E-state index < -0.39 is 0 Å². The van der Waals surface area contributed by atoms with Crippen molar-refractivity contribution in [1.29, 1.82) is 0 Å². The minimum absolute atomic E-state index is 0.448. The third-order valence-electron chi connectivity index (χ3n) is 2.71. The van der Waals surface area contributed by atoms with Crippen LogP contribution in [-0.2, 0) is 6.54 Å². The van der Waals surface area contributed by atoms with Gasteiger partial charge in [-0.15, -0.1) is 0 Å². The normalized spacial score (nSPS) is 11.0. The maximum absolute atomic E-state index is 5.51. The quantitative estimate of drug-likeness (QED) is 0.827. The number of H-pyrrole nitrogens is 1. The van der Waals surface area contributed by atoms with Crippen LogP contribution in [0.25, 0.3) is 11.3 Å². The zero-order valence-corrected chi connectivity index (χ0v) is 9.70. The molecule has 1 heterocycles. The zero-order valence-electron chi connectivity index (χ0n) is 9.70. The second-order valence-electron chi connectivity index (χ2n) is 4.22. The topological polar surface area (TPSA) is 54.7 Å². The van der Waals surface area contributed by atoms with Crippen LogP contribution in [0.5, 0.6) is 0 Å². The third kappa shape index (κ3) is 2.14. The largest absolute Gasteiger partial charge is 0.341 e. The lowest BCUT2D eigenvalue weighted by atomic mass is 10.0. The number of nitrogens with one attached hydrogen (secondary N) is 1. The van der Waals surface area contributed by atoms with E-state index in [1.807, 2.05) is 6.20 Å². The molecule has 3 N–H and O–H groups in total. The standard InChI is InChI=1S/C13H17N3/c1-9(2)10-3-5-11(6-4-10)12-8-15-13(7-14)16-12/h3-6,8-9H,7,14H2,1-2H3,(H,15,16). The number of rotatable bonds is 3. The summed E-state index contributed by atoms with van der Waals surface area (Å²) in [5.74, 6) is 1.39. The molecule has 0 aliphatic heterocycles. The molecule has 0 saturated carbocycles. The molecule has 1 aromatic carbocycles. The number of hydrogen-bond donors (Lipinski definition) is 2. The summed E-state index contributed by atoms with van der Waals surface area (Å²) >= 11 is 0. The van der Waals surface area contributed by atoms with Crippen LogP contribution in [0.15, 0.2) is 30.5 Å². The predicted octanol–water partition coefficient (Wildman–Crippen LogP) is 2.66. The third-order valence-corrected chi connectivity index (χ3v) is 2.71. The van der Waals surface area contributed by atoms with Gasteiger partial charge in [0.05, 0.1) is 18.4 Å². The second-order valence-corrected chi connectivity index (χ2v) is 4.22. The molecule has 0 saturated heterocycles. The Morgan fingerprint density at radius 1 is 1.25 bits per heavy atom. The van der Waals surface area contributed by atoms with Crippen LogP contribution in [0.4, 0.5) is 0 Å². The van der Waals surface area contributed by atoms with E-state index in [1.54, 1.807) is 0 Å². The minimum Gasteiger partial charge on any atom is -0.341 e. The van der Waals surface area contributed by atoms with E-state index in [2.05, 4.69) is 48.1 Å². The molecule has 0 radical (unpaired) electrons. The first-order valence-corrected chi connectivity index (χ1v) is 5.55. The second kappa shape index (κ2) is 4.49. The number of nitrogens with zero attached hydrogens (tertiary/aromatic N) is 1. The van der Waals surface area contributed by atoms with E-state index in [0.29, 0.717) is 12.5 Å². The smallest absolute Gasteiger partial charge is 0.120 e. The minimum atomic E-state index is 0.448. The summed E-state index contributed by atoms with van der Waals surface area (Å²) in [6, 6.07) is 8.54. The Labute approximate surface area is 95.7 Å². The summed E-state index contributed by atoms with van der Waals surface area (Å²) in [7, 11) is 0. The SMILES string of the molecule is CC(C)c1ccc(-c2cnc(CN)[nH]2)cc1. The van der Waals surface area contributed by atoms with Gasteiger partial charge in [-0.05, 0) is 17.0 Å². The number of nitrogens with two attached hydrogens (primary N) is 1. The summed E-state index contributed by atoms with van der Waals surface area (Å²) < 4.78 is 0. The molecule has 0 bridgehead atoms. The molecule has 2 rings (SSSR count). The van der Waals surface area contributed by atoms with Gasteiger partial charge in [-0.2, -0.15) is 0 Å². The Bertz CT molecular complexity index is 454. The van der Waals surface area contributed by atoms with Crippen molar-refractivity contribution in [3.63, 3.8) is 0 Å². The molecule has 0 unspecified atom stereocenters. The number of aromatic amines is 1. The first-order valence-electron chi connectivity index (χ1n) is 5.55. The molecule has 1 aromatic heterocycles. The van der Waals surface area contributed by atoms with Crippen molar-refractivity contribution in [2.45, 2.75) is 26.3 Å². The average molecular weight is 215 g/mol. The highest BCUT2D eigenvalue weighted by atomic mass is 14.9. The van der Waals surface area contributed by atoms with Crippen LogP contribution in [0, 0.1) is 0 Å². The van der Waals surface area contributed by atoms with Gasteiger partial charge in [-0.25, -0.2) is 4.98 Å². The van der Waals surface area contributed by atoms with Gasteiger partial charge in [0, 0.05) is 0 Å². The molecular formula is C13H17N3. The highest BCUT2D eigenvalue weighted by molar-refractivity contribution is 5.58. The van der Waals surface area contributed by atoms with Crippen molar-refractivity contribution >= 4 is 0 Å². The first kappa shape index (κ1) is 10.9. The summed E-state index contributed by atoms with van der Waals surface area (Å²) in [5.41, 5.74) is 9.03. The maximum Gasteiger partial charge on any atom is 0.120 e. The van der Waals surface area contributed by atoms with E-state index in [9.17, 15) is 0 Å². The fourth-order valence-corrected chi connectivity index (χ4v) is 1.66. The van der Waals surface area contributed by atoms with Crippen LogP contribution < -0.4 is 5.73 Å². The van der Waals surface area contributed by atoms with Gasteiger partial charge in [0.25, 0.3) is 0 Å². The Kier molecular flexibility index (Phi) is 3.06. The Morgan fingerprint density at radius 2 is 1.94 bits per heavy atom. The molecule has 0 aliphatic rings. The lowest BCUT2D eigenvalue weighted by Crippen LogP contribution is -1.97. The zero-order chi connectivity index (χ0) is 11.5. The van der Waals surface area contributed by atoms with E-state index in [-0.39, 0.29) is 0 Å². The molecule has 0 atom stereocenters. The maximum atomic E-state index is 5.51. The summed E-state index contributed by atoms with van der Waals surface area (Å²) in [4.78, 5) is 7.38. The molecule has 0 spiro atoms. The van der Waals surface area contributed by atoms with Crippen molar-refractivity contribution in [3.05, 3.63) is 41.9 Å². The highest BCUT2D eigenvalue weighted by Gasteiger charge is 2.03. The molecule has 16 heavy (non-hydrogen) atoms. The first-order chi connectivity index (χ1) is 7.70. The summed E-state index contributed by atoms with van der Waals surface area (Å²) in [5, 5.41) is 0. The molecule has 0 fully saturated rings. The van der Waals surface area contributed by atoms with Crippen LogP contribution in [0.2, 0.25) is 0 Å². The van der Waals surface area contributed by atoms with Crippen molar-refractivity contribution in [2.24, 2.45) is 5.73 Å². The van der Waals surface area contributed by atoms with Gasteiger partial charge in [-0.3, -0.25) is 0 Å². The van der Waals surface area contributed by atoms with Crippen LogP contribution >= 0.6 is 0 Å². The lowest BCUT2D eigenvalue weighted by molar-refractivity contribution is 0.867. The van der Waals surface area contributed by atoms with Crippen molar-refractivity contribution in [1.82, 2.24) is 9.97 Å². The van der Waals surface area contributed by atoms with Gasteiger partial charge in [-0.1, -0.05) is 38.1 Å². The average Bonchev–Trinajstić information content (AvgIpc) is 2.77. The number of imidazole rings is 1. The van der Waals surface area contributed by atoms with Crippen LogP contribution in [0.3, 0.4) is 0 Å². The monoisotopic (exact) mass is 215 g/mol. The van der Waals surface area contributed by atoms with E-state index in [1.165, 1.54) is 5.56 Å². The highest BCUT2D eigenvalue weighted by Crippen LogP contribution is 2.21. The van der Waals surface area contributed by atoms with Gasteiger partial charge >= 0.3 is 0 Å². The number of aromatic nitrogens is 2. The van der Waals surface area contributed by atoms with Crippen molar-refractivity contribution in [2.75, 3.05) is 0 Å². The summed E-state index contributed by atoms with van der Waals surface area (Å²) in [6.45, 7) is 4.83. The van der Waals surface area contributed by atoms with Gasteiger partial charge in [0.15, 0.2) is 0 Å². The Hall–Kier alpha value is -1.61. The number of benzene rings is 1. The van der Waals surface area contributed by atoms with Crippen molar-refractivity contribution in [3.8, 4) is 11.3 Å². The predicted molar refractivity (Wildman–Crippen MR) is 66.0 cm³/mol. The van der Waals surface area contributed by atoms with E-state index in [4.69, 9.17) is 5.73 Å². The van der Waals surface area contributed by atoms with Gasteiger partial charge < -0.3 is 10.7 Å². The lowest BCUT2D eigenvalue weighted by Gasteiger charge is -2.05. The van der Waals surface area contributed by atoms with Gasteiger partial charge in [0.1, 0.15) is 5.82 Å². The molecule has 3 nitrogen and oxygen atoms in total. The fourth-order valence-electron chi connectivity index (χ4n) is 1.66. The van der Waals surface area contributed by atoms with Crippen LogP contribution in [0.1, 0.15) is 31.2 Å². The number of hydrogen-bond acceptors (Lipinski definition) is 2. The Balaban J connectivity index is 2.27. The van der Waals surface area contributed by atoms with Crippen LogP contribution in [-0.4, -0.2) is 9.97 Å². The van der Waals surface area contributed by atoms with E-state index in [0.717, 1.165) is 17.1 Å². The van der Waals surface area contributed by atoms with Gasteiger partial charge in [0.2, 0.25) is 0 Å². The molecular weight excluding hydrogens is 198 g/mol. The Morgan fingerprint density at radius 3 is 2.44 bits per heavy atom. The molecule has 84 valence electrons. The molecule has 2 aromatic rings. The molecule has 3 heteroatoms. The summed E-state index contributed by atoms with van der Waals surface area (Å²) in [6.07, 6.45) is 1.83.